The summed E-state index contributed by atoms with van der Waals surface area (Å²) in [5, 5.41) is 0. The maximum atomic E-state index is 12.7. The highest BCUT2D eigenvalue weighted by molar-refractivity contribution is 7.47. The van der Waals surface area contributed by atoms with Gasteiger partial charge in [-0.1, -0.05) is 236 Å². The Morgan fingerprint density at radius 2 is 0.803 bits per heavy atom. The van der Waals surface area contributed by atoms with Gasteiger partial charge in [0.15, 0.2) is 0 Å². The second-order valence-corrected chi connectivity index (χ2v) is 20.2. The molecule has 0 bridgehead atoms. The third kappa shape index (κ3) is 53.4. The molecule has 0 amide bonds. The molecule has 0 heterocycles. The Hall–Kier alpha value is -1.54. The Morgan fingerprint density at radius 3 is 1.21 bits per heavy atom. The van der Waals surface area contributed by atoms with Gasteiger partial charge in [-0.25, -0.2) is 4.57 Å². The molecule has 0 fully saturated rings. The van der Waals surface area contributed by atoms with Crippen LogP contribution in [0.5, 0.6) is 0 Å². The summed E-state index contributed by atoms with van der Waals surface area (Å²) < 4.78 is 33.7. The number of nitrogens with two attached hydrogens (primary N) is 1. The highest BCUT2D eigenvalue weighted by atomic mass is 31.2. The van der Waals surface area contributed by atoms with E-state index in [0.29, 0.717) is 13.0 Å². The zero-order valence-electron chi connectivity index (χ0n) is 43.4. The highest BCUT2D eigenvalue weighted by Crippen LogP contribution is 2.43. The molecule has 0 saturated carbocycles. The number of rotatable bonds is 54. The fourth-order valence-electron chi connectivity index (χ4n) is 8.06. The topological polar surface area (TPSA) is 117 Å². The van der Waals surface area contributed by atoms with Crippen LogP contribution in [0.1, 0.15) is 271 Å². The minimum atomic E-state index is -4.29. The summed E-state index contributed by atoms with van der Waals surface area (Å²) in [6.45, 7) is 4.93. The molecule has 0 rings (SSSR count). The number of unbranched alkanes of at least 4 members (excludes halogenated alkanes) is 33. The zero-order valence-corrected chi connectivity index (χ0v) is 44.3. The number of allylic oxidation sites excluding steroid dienone is 8. The molecule has 0 aliphatic heterocycles. The monoisotopic (exact) mass is 950 g/mol. The average Bonchev–Trinajstić information content (AvgIpc) is 3.31. The highest BCUT2D eigenvalue weighted by Gasteiger charge is 2.25. The van der Waals surface area contributed by atoms with Crippen molar-refractivity contribution in [2.75, 3.05) is 33.0 Å². The molecule has 66 heavy (non-hydrogen) atoms. The third-order valence-electron chi connectivity index (χ3n) is 12.2. The lowest BCUT2D eigenvalue weighted by atomic mass is 10.0. The second-order valence-electron chi connectivity index (χ2n) is 18.8. The normalized spacial score (nSPS) is 13.6. The van der Waals surface area contributed by atoms with Crippen LogP contribution in [-0.2, 0) is 27.9 Å². The second kappa shape index (κ2) is 54.4. The summed E-state index contributed by atoms with van der Waals surface area (Å²) in [5.74, 6) is -0.331. The molecule has 2 atom stereocenters. The van der Waals surface area contributed by atoms with E-state index in [0.717, 1.165) is 51.4 Å². The van der Waals surface area contributed by atoms with Gasteiger partial charge in [0.25, 0.3) is 0 Å². The molecule has 388 valence electrons. The Kier molecular flexibility index (Phi) is 53.1. The zero-order chi connectivity index (χ0) is 48.0. The maximum absolute atomic E-state index is 12.7. The molecule has 2 unspecified atom stereocenters. The van der Waals surface area contributed by atoms with Crippen molar-refractivity contribution >= 4 is 13.8 Å². The predicted molar refractivity (Wildman–Crippen MR) is 284 cm³/mol. The summed E-state index contributed by atoms with van der Waals surface area (Å²) in [7, 11) is -4.29. The van der Waals surface area contributed by atoms with Crippen LogP contribution in [0.4, 0.5) is 0 Å². The number of esters is 1. The summed E-state index contributed by atoms with van der Waals surface area (Å²) in [5.41, 5.74) is 5.40. The standard InChI is InChI=1S/C57H108NO7P/c1-3-5-7-9-11-13-15-17-19-21-23-25-27-28-29-30-32-34-36-38-40-42-44-46-48-50-57(59)65-56(55-64-66(60,61)63-53-51-58)54-62-52-49-47-45-43-41-39-37-35-33-31-26-24-22-20-18-16-14-12-10-8-6-4-2/h16,18,21-24,31,33,56H,3-15,17,19-20,25-30,32,34-55,58H2,1-2H3,(H,60,61)/b18-16-,23-21-,24-22-,33-31-. The van der Waals surface area contributed by atoms with Crippen LogP contribution in [0.3, 0.4) is 0 Å². The quantitative estimate of drug-likeness (QED) is 0.0268. The Morgan fingerprint density at radius 1 is 0.455 bits per heavy atom. The Labute approximate surface area is 409 Å². The molecule has 9 heteroatoms. The van der Waals surface area contributed by atoms with Crippen molar-refractivity contribution in [3.8, 4) is 0 Å². The summed E-state index contributed by atoms with van der Waals surface area (Å²) in [4.78, 5) is 22.7. The number of hydrogen-bond acceptors (Lipinski definition) is 7. The average molecular weight is 950 g/mol. The first-order valence-corrected chi connectivity index (χ1v) is 29.6. The van der Waals surface area contributed by atoms with Gasteiger partial charge in [0.05, 0.1) is 19.8 Å². The molecule has 0 saturated heterocycles. The van der Waals surface area contributed by atoms with Crippen molar-refractivity contribution in [2.45, 2.75) is 277 Å². The van der Waals surface area contributed by atoms with Gasteiger partial charge in [0.1, 0.15) is 6.10 Å². The predicted octanol–water partition coefficient (Wildman–Crippen LogP) is 17.9. The molecule has 0 aromatic carbocycles. The summed E-state index contributed by atoms with van der Waals surface area (Å²) in [6, 6.07) is 0. The molecule has 0 radical (unpaired) electrons. The van der Waals surface area contributed by atoms with Crippen LogP contribution in [0, 0.1) is 0 Å². The Bertz CT molecular complexity index is 1160. The number of carbonyl (C=O) groups is 1. The van der Waals surface area contributed by atoms with E-state index in [2.05, 4.69) is 62.5 Å². The van der Waals surface area contributed by atoms with E-state index < -0.39 is 13.9 Å². The van der Waals surface area contributed by atoms with E-state index in [1.807, 2.05) is 0 Å². The first kappa shape index (κ1) is 64.5. The van der Waals surface area contributed by atoms with Gasteiger partial charge in [-0.3, -0.25) is 13.8 Å². The van der Waals surface area contributed by atoms with Crippen LogP contribution in [0.25, 0.3) is 0 Å². The van der Waals surface area contributed by atoms with Crippen LogP contribution >= 0.6 is 7.82 Å². The number of hydrogen-bond donors (Lipinski definition) is 2. The largest absolute Gasteiger partial charge is 0.472 e. The van der Waals surface area contributed by atoms with Crippen molar-refractivity contribution in [3.05, 3.63) is 48.6 Å². The molecule has 0 spiro atoms. The van der Waals surface area contributed by atoms with E-state index in [4.69, 9.17) is 24.3 Å². The fourth-order valence-corrected chi connectivity index (χ4v) is 8.83. The minimum absolute atomic E-state index is 0.0979. The van der Waals surface area contributed by atoms with Crippen LogP contribution in [0.15, 0.2) is 48.6 Å². The van der Waals surface area contributed by atoms with Crippen LogP contribution in [0.2, 0.25) is 0 Å². The third-order valence-corrected chi connectivity index (χ3v) is 13.2. The number of phosphoric acid groups is 1. The number of phosphoric ester groups is 1. The van der Waals surface area contributed by atoms with E-state index >= 15 is 0 Å². The first-order chi connectivity index (χ1) is 32.4. The van der Waals surface area contributed by atoms with Crippen LogP contribution < -0.4 is 5.73 Å². The van der Waals surface area contributed by atoms with E-state index in [-0.39, 0.29) is 32.3 Å². The van der Waals surface area contributed by atoms with Gasteiger partial charge in [-0.05, 0) is 77.0 Å². The van der Waals surface area contributed by atoms with Crippen molar-refractivity contribution in [2.24, 2.45) is 5.73 Å². The maximum Gasteiger partial charge on any atom is 0.472 e. The fraction of sp³-hybridized carbons (Fsp3) is 0.842. The lowest BCUT2D eigenvalue weighted by molar-refractivity contribution is -0.154. The molecule has 0 aliphatic rings. The van der Waals surface area contributed by atoms with Crippen molar-refractivity contribution < 1.29 is 32.8 Å². The van der Waals surface area contributed by atoms with E-state index in [1.54, 1.807) is 0 Å². The summed E-state index contributed by atoms with van der Waals surface area (Å²) in [6.07, 6.45) is 67.3. The van der Waals surface area contributed by atoms with Gasteiger partial charge in [0, 0.05) is 19.6 Å². The molecule has 0 aliphatic carbocycles. The smallest absolute Gasteiger partial charge is 0.457 e. The molecule has 0 aromatic heterocycles. The number of carbonyl (C=O) groups excluding carboxylic acids is 1. The van der Waals surface area contributed by atoms with Crippen molar-refractivity contribution in [1.82, 2.24) is 0 Å². The van der Waals surface area contributed by atoms with E-state index in [9.17, 15) is 14.3 Å². The van der Waals surface area contributed by atoms with Gasteiger partial charge >= 0.3 is 13.8 Å². The molecule has 3 N–H and O–H groups in total. The lowest BCUT2D eigenvalue weighted by Gasteiger charge is -2.20. The molecule has 0 aromatic rings. The number of ether oxygens (including phenoxy) is 2. The van der Waals surface area contributed by atoms with Crippen molar-refractivity contribution in [3.63, 3.8) is 0 Å². The molecular weight excluding hydrogens is 842 g/mol. The summed E-state index contributed by atoms with van der Waals surface area (Å²) >= 11 is 0. The Balaban J connectivity index is 3.91. The molecule has 8 nitrogen and oxygen atoms in total. The van der Waals surface area contributed by atoms with Gasteiger partial charge < -0.3 is 20.1 Å². The van der Waals surface area contributed by atoms with E-state index in [1.165, 1.54) is 199 Å². The van der Waals surface area contributed by atoms with Crippen molar-refractivity contribution in [1.29, 1.82) is 0 Å². The van der Waals surface area contributed by atoms with Gasteiger partial charge in [-0.15, -0.1) is 0 Å². The minimum Gasteiger partial charge on any atom is -0.457 e. The van der Waals surface area contributed by atoms with Gasteiger partial charge in [-0.2, -0.15) is 0 Å². The SMILES string of the molecule is CCCCCCC/C=C\C/C=C\C/C=C\CCCCCCCCCOCC(COP(=O)(O)OCCN)OC(=O)CCCCCCCCCCCCCCC/C=C\CCCCCCCCCC. The van der Waals surface area contributed by atoms with Crippen LogP contribution in [-0.4, -0.2) is 49.9 Å². The molecular formula is C57H108NO7P. The lowest BCUT2D eigenvalue weighted by Crippen LogP contribution is -2.28. The van der Waals surface area contributed by atoms with Gasteiger partial charge in [0.2, 0.25) is 0 Å². The first-order valence-electron chi connectivity index (χ1n) is 28.1.